The lowest BCUT2D eigenvalue weighted by atomic mass is 10.1. The van der Waals surface area contributed by atoms with Gasteiger partial charge in [-0.1, -0.05) is 11.3 Å². The van der Waals surface area contributed by atoms with Crippen molar-refractivity contribution in [1.82, 2.24) is 0 Å². The number of thiophene rings is 1. The summed E-state index contributed by atoms with van der Waals surface area (Å²) in [6, 6.07) is 7.60. The van der Waals surface area contributed by atoms with Crippen molar-refractivity contribution in [3.05, 3.63) is 50.9 Å². The number of nitrogens with zero attached hydrogens (tertiary/aromatic N) is 1. The Kier molecular flexibility index (Phi) is 3.08. The number of anilines is 1. The van der Waals surface area contributed by atoms with Crippen LogP contribution in [0.5, 0.6) is 5.75 Å². The molecular weight excluding hydrogens is 264 g/mol. The zero-order chi connectivity index (χ0) is 13.2. The molecule has 0 atom stereocenters. The van der Waals surface area contributed by atoms with Gasteiger partial charge in [-0.2, -0.15) is 0 Å². The van der Waals surface area contributed by atoms with Crippen LogP contribution in [0.25, 0.3) is 0 Å². The van der Waals surface area contributed by atoms with E-state index in [4.69, 9.17) is 4.74 Å². The second-order valence-electron chi connectivity index (χ2n) is 4.32. The predicted octanol–water partition coefficient (Wildman–Crippen LogP) is 3.20. The molecule has 19 heavy (non-hydrogen) atoms. The fourth-order valence-corrected chi connectivity index (χ4v) is 2.78. The van der Waals surface area contributed by atoms with Gasteiger partial charge in [-0.3, -0.25) is 10.1 Å². The summed E-state index contributed by atoms with van der Waals surface area (Å²) in [6.07, 6.45) is 0.939. The van der Waals surface area contributed by atoms with Crippen LogP contribution in [0.4, 0.5) is 10.7 Å². The van der Waals surface area contributed by atoms with E-state index in [9.17, 15) is 10.1 Å². The van der Waals surface area contributed by atoms with Gasteiger partial charge in [-0.25, -0.2) is 0 Å². The molecule has 1 N–H and O–H groups in total. The number of hydrogen-bond donors (Lipinski definition) is 1. The fourth-order valence-electron chi connectivity index (χ4n) is 2.05. The minimum absolute atomic E-state index is 0.180. The van der Waals surface area contributed by atoms with Crippen LogP contribution in [-0.2, 0) is 13.0 Å². The standard InChI is InChI=1S/C13H12N2O3S/c16-15(17)13-5-9(8-19-13)7-14-11-1-2-12-10(6-11)3-4-18-12/h1-2,5-6,8,14H,3-4,7H2. The molecule has 0 bridgehead atoms. The van der Waals surface area contributed by atoms with E-state index >= 15 is 0 Å². The molecule has 3 rings (SSSR count). The lowest BCUT2D eigenvalue weighted by Crippen LogP contribution is -1.98. The summed E-state index contributed by atoms with van der Waals surface area (Å²) in [4.78, 5) is 10.2. The smallest absolute Gasteiger partial charge is 0.324 e. The highest BCUT2D eigenvalue weighted by molar-refractivity contribution is 7.13. The van der Waals surface area contributed by atoms with Crippen LogP contribution >= 0.6 is 11.3 Å². The van der Waals surface area contributed by atoms with Crippen LogP contribution < -0.4 is 10.1 Å². The van der Waals surface area contributed by atoms with E-state index in [1.807, 2.05) is 17.5 Å². The third-order valence-corrected chi connectivity index (χ3v) is 3.93. The highest BCUT2D eigenvalue weighted by Gasteiger charge is 2.12. The van der Waals surface area contributed by atoms with Gasteiger partial charge in [0.2, 0.25) is 0 Å². The van der Waals surface area contributed by atoms with Gasteiger partial charge in [-0.05, 0) is 29.3 Å². The average molecular weight is 276 g/mol. The van der Waals surface area contributed by atoms with Gasteiger partial charge in [0.1, 0.15) is 5.75 Å². The van der Waals surface area contributed by atoms with Crippen molar-refractivity contribution in [1.29, 1.82) is 0 Å². The molecule has 98 valence electrons. The summed E-state index contributed by atoms with van der Waals surface area (Å²) in [7, 11) is 0. The van der Waals surface area contributed by atoms with Gasteiger partial charge in [0.15, 0.2) is 0 Å². The van der Waals surface area contributed by atoms with Crippen molar-refractivity contribution < 1.29 is 9.66 Å². The molecule has 5 nitrogen and oxygen atoms in total. The first kappa shape index (κ1) is 12.0. The zero-order valence-corrected chi connectivity index (χ0v) is 10.9. The van der Waals surface area contributed by atoms with Crippen LogP contribution in [-0.4, -0.2) is 11.5 Å². The Hall–Kier alpha value is -2.08. The SMILES string of the molecule is O=[N+]([O-])c1cc(CNc2ccc3c(c2)CCO3)cs1. The Labute approximate surface area is 114 Å². The summed E-state index contributed by atoms with van der Waals surface area (Å²) >= 11 is 1.15. The first-order valence-electron chi connectivity index (χ1n) is 5.94. The Morgan fingerprint density at radius 3 is 3.11 bits per heavy atom. The number of nitrogens with one attached hydrogen (secondary N) is 1. The molecule has 0 saturated heterocycles. The monoisotopic (exact) mass is 276 g/mol. The summed E-state index contributed by atoms with van der Waals surface area (Å²) in [6.45, 7) is 1.33. The summed E-state index contributed by atoms with van der Waals surface area (Å²) in [5.41, 5.74) is 3.15. The third-order valence-electron chi connectivity index (χ3n) is 3.01. The Bertz CT molecular complexity index is 624. The molecule has 0 saturated carbocycles. The normalized spacial score (nSPS) is 12.8. The maximum absolute atomic E-state index is 10.6. The molecule has 2 heterocycles. The second kappa shape index (κ2) is 4.89. The third kappa shape index (κ3) is 2.53. The van der Waals surface area contributed by atoms with E-state index in [1.54, 1.807) is 6.07 Å². The van der Waals surface area contributed by atoms with Crippen molar-refractivity contribution in [2.45, 2.75) is 13.0 Å². The van der Waals surface area contributed by atoms with Crippen LogP contribution in [0.2, 0.25) is 0 Å². The molecule has 2 aromatic rings. The summed E-state index contributed by atoms with van der Waals surface area (Å²) in [5, 5.41) is 15.9. The van der Waals surface area contributed by atoms with Gasteiger partial charge in [0.05, 0.1) is 11.5 Å². The van der Waals surface area contributed by atoms with Gasteiger partial charge in [0.25, 0.3) is 0 Å². The molecule has 1 aliphatic rings. The molecule has 0 fully saturated rings. The van der Waals surface area contributed by atoms with E-state index in [0.717, 1.165) is 41.4 Å². The van der Waals surface area contributed by atoms with Crippen molar-refractivity contribution in [2.24, 2.45) is 0 Å². The average Bonchev–Trinajstić information content (AvgIpc) is 3.04. The Balaban J connectivity index is 1.67. The number of benzene rings is 1. The van der Waals surface area contributed by atoms with Crippen LogP contribution in [0.15, 0.2) is 29.6 Å². The minimum Gasteiger partial charge on any atom is -0.493 e. The topological polar surface area (TPSA) is 64.4 Å². The number of hydrogen-bond acceptors (Lipinski definition) is 5. The minimum atomic E-state index is -0.360. The van der Waals surface area contributed by atoms with Crippen molar-refractivity contribution in [2.75, 3.05) is 11.9 Å². The van der Waals surface area contributed by atoms with Crippen LogP contribution in [0, 0.1) is 10.1 Å². The number of fused-ring (bicyclic) bond motifs is 1. The molecule has 1 aromatic heterocycles. The number of ether oxygens (including phenoxy) is 1. The van der Waals surface area contributed by atoms with E-state index in [-0.39, 0.29) is 9.92 Å². The maximum atomic E-state index is 10.6. The van der Waals surface area contributed by atoms with Gasteiger partial charge in [0, 0.05) is 30.1 Å². The first-order valence-corrected chi connectivity index (χ1v) is 6.82. The molecule has 6 heteroatoms. The van der Waals surface area contributed by atoms with E-state index in [2.05, 4.69) is 11.4 Å². The quantitative estimate of drug-likeness (QED) is 0.688. The predicted molar refractivity (Wildman–Crippen MR) is 73.9 cm³/mol. The lowest BCUT2D eigenvalue weighted by Gasteiger charge is -2.06. The zero-order valence-electron chi connectivity index (χ0n) is 10.1. The van der Waals surface area contributed by atoms with Gasteiger partial charge < -0.3 is 10.1 Å². The first-order chi connectivity index (χ1) is 9.22. The molecular formula is C13H12N2O3S. The molecule has 1 aromatic carbocycles. The Morgan fingerprint density at radius 2 is 2.32 bits per heavy atom. The highest BCUT2D eigenvalue weighted by atomic mass is 32.1. The van der Waals surface area contributed by atoms with Crippen molar-refractivity contribution in [3.63, 3.8) is 0 Å². The molecule has 0 aliphatic carbocycles. The van der Waals surface area contributed by atoms with E-state index in [1.165, 1.54) is 5.56 Å². The van der Waals surface area contributed by atoms with Gasteiger partial charge >= 0.3 is 5.00 Å². The van der Waals surface area contributed by atoms with Crippen molar-refractivity contribution >= 4 is 22.0 Å². The van der Waals surface area contributed by atoms with Gasteiger partial charge in [-0.15, -0.1) is 0 Å². The van der Waals surface area contributed by atoms with Crippen molar-refractivity contribution in [3.8, 4) is 5.75 Å². The highest BCUT2D eigenvalue weighted by Crippen LogP contribution is 2.28. The number of rotatable bonds is 4. The van der Waals surface area contributed by atoms with E-state index in [0.29, 0.717) is 6.54 Å². The maximum Gasteiger partial charge on any atom is 0.324 e. The molecule has 0 spiro atoms. The molecule has 0 unspecified atom stereocenters. The summed E-state index contributed by atoms with van der Waals surface area (Å²) in [5.74, 6) is 0.955. The second-order valence-corrected chi connectivity index (χ2v) is 5.21. The fraction of sp³-hybridized carbons (Fsp3) is 0.231. The van der Waals surface area contributed by atoms with Crippen LogP contribution in [0.3, 0.4) is 0 Å². The summed E-state index contributed by atoms with van der Waals surface area (Å²) < 4.78 is 5.44. The largest absolute Gasteiger partial charge is 0.493 e. The lowest BCUT2D eigenvalue weighted by molar-refractivity contribution is -0.380. The van der Waals surface area contributed by atoms with E-state index < -0.39 is 0 Å². The molecule has 0 radical (unpaired) electrons. The number of nitro groups is 1. The Morgan fingerprint density at radius 1 is 1.42 bits per heavy atom. The van der Waals surface area contributed by atoms with Crippen LogP contribution in [0.1, 0.15) is 11.1 Å². The molecule has 1 aliphatic heterocycles. The molecule has 0 amide bonds.